The Hall–Kier alpha value is -0.0800. The quantitative estimate of drug-likeness (QED) is 0.604. The Balaban J connectivity index is 2.12. The predicted molar refractivity (Wildman–Crippen MR) is 39.9 cm³/mol. The molecule has 1 saturated heterocycles. The number of rotatable bonds is 4. The van der Waals surface area contributed by atoms with Gasteiger partial charge in [0, 0.05) is 0 Å². The summed E-state index contributed by atoms with van der Waals surface area (Å²) in [7, 11) is 0. The number of aliphatic hydroxyl groups is 1. The van der Waals surface area contributed by atoms with E-state index in [2.05, 4.69) is 6.92 Å². The van der Waals surface area contributed by atoms with Crippen LogP contribution in [-0.2, 0) is 4.74 Å². The van der Waals surface area contributed by atoms with Crippen molar-refractivity contribution in [1.82, 2.24) is 0 Å². The van der Waals surface area contributed by atoms with Crippen LogP contribution in [0, 0.1) is 0 Å². The zero-order valence-electron chi connectivity index (χ0n) is 6.71. The van der Waals surface area contributed by atoms with Crippen molar-refractivity contribution in [2.45, 2.75) is 51.4 Å². The van der Waals surface area contributed by atoms with E-state index in [0.717, 1.165) is 19.3 Å². The summed E-state index contributed by atoms with van der Waals surface area (Å²) in [5.74, 6) is 0. The van der Waals surface area contributed by atoms with E-state index in [1.165, 1.54) is 0 Å². The van der Waals surface area contributed by atoms with E-state index in [0.29, 0.717) is 6.10 Å². The van der Waals surface area contributed by atoms with Gasteiger partial charge in [-0.15, -0.1) is 0 Å². The summed E-state index contributed by atoms with van der Waals surface area (Å²) >= 11 is 0. The number of epoxide rings is 1. The van der Waals surface area contributed by atoms with Gasteiger partial charge in [0.05, 0.1) is 12.2 Å². The number of hydrogen-bond donors (Lipinski definition) is 1. The Morgan fingerprint density at radius 3 is 2.70 bits per heavy atom. The van der Waals surface area contributed by atoms with Gasteiger partial charge in [0.1, 0.15) is 6.10 Å². The molecule has 2 heteroatoms. The van der Waals surface area contributed by atoms with Crippen LogP contribution >= 0.6 is 0 Å². The van der Waals surface area contributed by atoms with Crippen LogP contribution in [0.4, 0.5) is 0 Å². The Morgan fingerprint density at radius 2 is 2.20 bits per heavy atom. The molecule has 0 saturated carbocycles. The molecule has 0 radical (unpaired) electrons. The van der Waals surface area contributed by atoms with E-state index in [9.17, 15) is 5.11 Å². The van der Waals surface area contributed by atoms with E-state index in [1.807, 2.05) is 6.92 Å². The minimum atomic E-state index is -0.225. The second kappa shape index (κ2) is 3.35. The Labute approximate surface area is 62.2 Å². The van der Waals surface area contributed by atoms with Crippen molar-refractivity contribution in [3.63, 3.8) is 0 Å². The summed E-state index contributed by atoms with van der Waals surface area (Å²) in [4.78, 5) is 0. The summed E-state index contributed by atoms with van der Waals surface area (Å²) in [5.41, 5.74) is 0. The molecule has 1 aliphatic rings. The molecule has 1 fully saturated rings. The molecule has 1 N–H and O–H groups in total. The zero-order valence-corrected chi connectivity index (χ0v) is 6.71. The van der Waals surface area contributed by atoms with E-state index in [1.54, 1.807) is 0 Å². The second-order valence-corrected chi connectivity index (χ2v) is 2.90. The van der Waals surface area contributed by atoms with Crippen LogP contribution in [0.5, 0.6) is 0 Å². The molecule has 0 aromatic heterocycles. The molecular formula is C8H16O2. The maximum absolute atomic E-state index is 9.27. The van der Waals surface area contributed by atoms with Gasteiger partial charge in [-0.3, -0.25) is 0 Å². The Bertz CT molecular complexity index is 103. The lowest BCUT2D eigenvalue weighted by Gasteiger charge is -2.00. The molecule has 3 atom stereocenters. The Morgan fingerprint density at radius 1 is 1.50 bits per heavy atom. The van der Waals surface area contributed by atoms with Gasteiger partial charge in [-0.1, -0.05) is 20.3 Å². The van der Waals surface area contributed by atoms with E-state index in [4.69, 9.17) is 4.74 Å². The highest BCUT2D eigenvalue weighted by Crippen LogP contribution is 2.30. The first kappa shape index (κ1) is 8.02. The number of ether oxygens (including phenoxy) is 1. The molecule has 3 unspecified atom stereocenters. The monoisotopic (exact) mass is 144 g/mol. The number of aliphatic hydroxyl groups excluding tert-OH is 1. The van der Waals surface area contributed by atoms with Crippen molar-refractivity contribution < 1.29 is 9.84 Å². The smallest absolute Gasteiger partial charge is 0.110 e. The van der Waals surface area contributed by atoms with Crippen molar-refractivity contribution >= 4 is 0 Å². The molecule has 0 aromatic rings. The fourth-order valence-electron chi connectivity index (χ4n) is 1.24. The van der Waals surface area contributed by atoms with E-state index in [-0.39, 0.29) is 12.2 Å². The van der Waals surface area contributed by atoms with Crippen molar-refractivity contribution in [2.24, 2.45) is 0 Å². The maximum Gasteiger partial charge on any atom is 0.110 e. The largest absolute Gasteiger partial charge is 0.390 e. The van der Waals surface area contributed by atoms with Crippen LogP contribution in [0.25, 0.3) is 0 Å². The first-order valence-corrected chi connectivity index (χ1v) is 4.13. The van der Waals surface area contributed by atoms with Gasteiger partial charge in [0.25, 0.3) is 0 Å². The van der Waals surface area contributed by atoms with Gasteiger partial charge >= 0.3 is 0 Å². The molecule has 1 heterocycles. The van der Waals surface area contributed by atoms with Gasteiger partial charge in [-0.25, -0.2) is 0 Å². The average molecular weight is 144 g/mol. The SMILES string of the molecule is CCCC1OC1C(O)CC. The molecule has 0 aliphatic carbocycles. The molecule has 1 aliphatic heterocycles. The summed E-state index contributed by atoms with van der Waals surface area (Å²) in [6, 6.07) is 0. The van der Waals surface area contributed by atoms with E-state index >= 15 is 0 Å². The fourth-order valence-corrected chi connectivity index (χ4v) is 1.24. The highest BCUT2D eigenvalue weighted by molar-refractivity contribution is 4.89. The van der Waals surface area contributed by atoms with E-state index < -0.39 is 0 Å². The van der Waals surface area contributed by atoms with Crippen molar-refractivity contribution in [2.75, 3.05) is 0 Å². The lowest BCUT2D eigenvalue weighted by atomic mass is 10.1. The summed E-state index contributed by atoms with van der Waals surface area (Å²) < 4.78 is 5.26. The fraction of sp³-hybridized carbons (Fsp3) is 1.00. The minimum Gasteiger partial charge on any atom is -0.390 e. The van der Waals surface area contributed by atoms with Crippen LogP contribution < -0.4 is 0 Å². The van der Waals surface area contributed by atoms with Crippen molar-refractivity contribution in [3.8, 4) is 0 Å². The van der Waals surface area contributed by atoms with Crippen molar-refractivity contribution in [1.29, 1.82) is 0 Å². The second-order valence-electron chi connectivity index (χ2n) is 2.90. The number of hydrogen-bond acceptors (Lipinski definition) is 2. The average Bonchev–Trinajstić information content (AvgIpc) is 2.67. The summed E-state index contributed by atoms with van der Waals surface area (Å²) in [6.45, 7) is 4.12. The highest BCUT2D eigenvalue weighted by Gasteiger charge is 2.42. The molecule has 2 nitrogen and oxygen atoms in total. The third-order valence-corrected chi connectivity index (χ3v) is 1.99. The molecule has 10 heavy (non-hydrogen) atoms. The van der Waals surface area contributed by atoms with Gasteiger partial charge in [-0.2, -0.15) is 0 Å². The first-order chi connectivity index (χ1) is 4.79. The third-order valence-electron chi connectivity index (χ3n) is 1.99. The van der Waals surface area contributed by atoms with Crippen LogP contribution in [0.2, 0.25) is 0 Å². The minimum absolute atomic E-state index is 0.157. The summed E-state index contributed by atoms with van der Waals surface area (Å²) in [5, 5.41) is 9.27. The molecule has 0 bridgehead atoms. The van der Waals surface area contributed by atoms with Crippen molar-refractivity contribution in [3.05, 3.63) is 0 Å². The molecule has 1 rings (SSSR count). The Kier molecular flexibility index (Phi) is 2.69. The molecule has 60 valence electrons. The van der Waals surface area contributed by atoms with Gasteiger partial charge < -0.3 is 9.84 Å². The van der Waals surface area contributed by atoms with Crippen LogP contribution in [0.3, 0.4) is 0 Å². The summed E-state index contributed by atoms with van der Waals surface area (Å²) in [6.07, 6.45) is 3.35. The van der Waals surface area contributed by atoms with Gasteiger partial charge in [0.15, 0.2) is 0 Å². The first-order valence-electron chi connectivity index (χ1n) is 4.13. The van der Waals surface area contributed by atoms with Crippen LogP contribution in [0.15, 0.2) is 0 Å². The predicted octanol–water partition coefficient (Wildman–Crippen LogP) is 1.32. The zero-order chi connectivity index (χ0) is 7.56. The maximum atomic E-state index is 9.27. The molecule has 0 amide bonds. The lowest BCUT2D eigenvalue weighted by molar-refractivity contribution is 0.131. The third kappa shape index (κ3) is 1.70. The lowest BCUT2D eigenvalue weighted by Crippen LogP contribution is -2.15. The van der Waals surface area contributed by atoms with Crippen LogP contribution in [0.1, 0.15) is 33.1 Å². The topological polar surface area (TPSA) is 32.8 Å². The van der Waals surface area contributed by atoms with Gasteiger partial charge in [-0.05, 0) is 12.8 Å². The standard InChI is InChI=1S/C8H16O2/c1-3-5-7-8(10-7)6(9)4-2/h6-9H,3-5H2,1-2H3. The van der Waals surface area contributed by atoms with Crippen LogP contribution in [-0.4, -0.2) is 23.4 Å². The molecular weight excluding hydrogens is 128 g/mol. The molecule has 0 spiro atoms. The molecule has 0 aromatic carbocycles. The highest BCUT2D eigenvalue weighted by atomic mass is 16.6. The van der Waals surface area contributed by atoms with Gasteiger partial charge in [0.2, 0.25) is 0 Å². The normalized spacial score (nSPS) is 33.9.